The Morgan fingerprint density at radius 2 is 1.74 bits per heavy atom. The molecule has 3 N–H and O–H groups in total. The number of rotatable bonds is 5. The van der Waals surface area contributed by atoms with Gasteiger partial charge in [-0.1, -0.05) is 67.3 Å². The van der Waals surface area contributed by atoms with Gasteiger partial charge in [0.15, 0.2) is 5.54 Å². The van der Waals surface area contributed by atoms with Crippen molar-refractivity contribution in [3.63, 3.8) is 0 Å². The molecule has 2 aromatic carbocycles. The molecule has 0 saturated carbocycles. The molecular formula is C25H31N5O3Si. The van der Waals surface area contributed by atoms with Gasteiger partial charge in [0.1, 0.15) is 0 Å². The third-order valence-corrected chi connectivity index (χ3v) is 8.37. The van der Waals surface area contributed by atoms with Crippen molar-refractivity contribution in [1.29, 1.82) is 0 Å². The van der Waals surface area contributed by atoms with Crippen LogP contribution >= 0.6 is 0 Å². The van der Waals surface area contributed by atoms with Crippen LogP contribution in [-0.2, 0) is 26.9 Å². The third-order valence-electron chi connectivity index (χ3n) is 6.31. The number of hydrogen-bond acceptors (Lipinski definition) is 6. The van der Waals surface area contributed by atoms with Crippen molar-refractivity contribution in [3.05, 3.63) is 72.1 Å². The highest BCUT2D eigenvalue weighted by Crippen LogP contribution is 2.40. The van der Waals surface area contributed by atoms with Crippen molar-refractivity contribution in [1.82, 2.24) is 20.0 Å². The minimum atomic E-state index is -1.80. The molecular weight excluding hydrogens is 446 g/mol. The maximum Gasteiger partial charge on any atom is 0.307 e. The van der Waals surface area contributed by atoms with Gasteiger partial charge in [-0.05, 0) is 22.8 Å². The van der Waals surface area contributed by atoms with Gasteiger partial charge in [0.2, 0.25) is 0 Å². The Morgan fingerprint density at radius 3 is 2.29 bits per heavy atom. The highest BCUT2D eigenvalue weighted by atomic mass is 28.3. The number of esters is 1. The van der Waals surface area contributed by atoms with Gasteiger partial charge in [0.25, 0.3) is 5.91 Å². The highest BCUT2D eigenvalue weighted by Gasteiger charge is 2.60. The van der Waals surface area contributed by atoms with Gasteiger partial charge in [-0.3, -0.25) is 24.9 Å². The second kappa shape index (κ2) is 8.19. The van der Waals surface area contributed by atoms with E-state index in [0.717, 1.165) is 11.1 Å². The lowest BCUT2D eigenvalue weighted by Gasteiger charge is -2.32. The molecule has 0 aliphatic carbocycles. The highest BCUT2D eigenvalue weighted by molar-refractivity contribution is 6.88. The summed E-state index contributed by atoms with van der Waals surface area (Å²) in [5.41, 5.74) is 8.32. The number of aromatic nitrogens is 2. The fraction of sp³-hybridized carbons (Fsp3) is 0.320. The Balaban J connectivity index is 1.92. The molecule has 0 spiro atoms. The summed E-state index contributed by atoms with van der Waals surface area (Å²) in [5.74, 6) is -2.71. The smallest absolute Gasteiger partial charge is 0.307 e. The Labute approximate surface area is 200 Å². The van der Waals surface area contributed by atoms with Crippen molar-refractivity contribution < 1.29 is 14.3 Å². The van der Waals surface area contributed by atoms with Gasteiger partial charge in [0, 0.05) is 32.8 Å². The summed E-state index contributed by atoms with van der Waals surface area (Å²) >= 11 is 0. The quantitative estimate of drug-likeness (QED) is 0.331. The number of amides is 1. The van der Waals surface area contributed by atoms with Gasteiger partial charge in [0.05, 0.1) is 14.3 Å². The van der Waals surface area contributed by atoms with E-state index in [1.165, 1.54) is 24.1 Å². The molecule has 9 heteroatoms. The van der Waals surface area contributed by atoms with Crippen LogP contribution in [0.2, 0.25) is 19.6 Å². The molecule has 1 aliphatic rings. The van der Waals surface area contributed by atoms with E-state index in [4.69, 9.17) is 10.5 Å². The predicted octanol–water partition coefficient (Wildman–Crippen LogP) is 2.07. The van der Waals surface area contributed by atoms with E-state index in [9.17, 15) is 9.59 Å². The average molecular weight is 478 g/mol. The molecule has 178 valence electrons. The summed E-state index contributed by atoms with van der Waals surface area (Å²) in [7, 11) is 1.83. The first kappa shape index (κ1) is 23.9. The first-order valence-electron chi connectivity index (χ1n) is 11.1. The number of nitrogens with two attached hydrogens (primary N) is 1. The van der Waals surface area contributed by atoms with Crippen molar-refractivity contribution in [2.45, 2.75) is 38.1 Å². The van der Waals surface area contributed by atoms with Crippen LogP contribution in [0.15, 0.2) is 60.9 Å². The molecule has 3 aromatic rings. The summed E-state index contributed by atoms with van der Waals surface area (Å²) in [5, 5.41) is 8.72. The van der Waals surface area contributed by atoms with E-state index in [2.05, 4.69) is 42.2 Å². The number of carbonyl (C=O) groups excluding carboxylic acids is 2. The summed E-state index contributed by atoms with van der Waals surface area (Å²) in [4.78, 5) is 27.0. The number of hydrogen-bond donors (Lipinski definition) is 2. The second-order valence-electron chi connectivity index (χ2n) is 9.84. The monoisotopic (exact) mass is 477 g/mol. The normalized spacial score (nSPS) is 22.8. The Bertz CT molecular complexity index is 1250. The van der Waals surface area contributed by atoms with E-state index >= 15 is 0 Å². The summed E-state index contributed by atoms with van der Waals surface area (Å²) < 4.78 is 7.13. The van der Waals surface area contributed by atoms with Crippen LogP contribution in [0.25, 0.3) is 11.1 Å². The lowest BCUT2D eigenvalue weighted by Crippen LogP contribution is -2.63. The molecule has 1 aliphatic heterocycles. The number of carbonyl (C=O) groups is 2. The van der Waals surface area contributed by atoms with E-state index in [-0.39, 0.29) is 5.91 Å². The Hall–Kier alpha value is -3.27. The number of ether oxygens (including phenoxy) is 1. The van der Waals surface area contributed by atoms with Gasteiger partial charge in [-0.2, -0.15) is 5.10 Å². The van der Waals surface area contributed by atoms with Crippen molar-refractivity contribution >= 4 is 25.1 Å². The van der Waals surface area contributed by atoms with Crippen LogP contribution in [0.3, 0.4) is 0 Å². The lowest BCUT2D eigenvalue weighted by molar-refractivity contribution is -0.180. The van der Waals surface area contributed by atoms with Crippen LogP contribution < -0.4 is 16.2 Å². The van der Waals surface area contributed by atoms with Crippen LogP contribution in [0.4, 0.5) is 0 Å². The van der Waals surface area contributed by atoms with Crippen LogP contribution in [-0.4, -0.2) is 47.7 Å². The number of nitrogens with zero attached hydrogens (tertiary/aromatic N) is 3. The lowest BCUT2D eigenvalue weighted by atomic mass is 9.81. The van der Waals surface area contributed by atoms with E-state index in [0.29, 0.717) is 11.1 Å². The predicted molar refractivity (Wildman–Crippen MR) is 133 cm³/mol. The molecule has 4 rings (SSSR count). The summed E-state index contributed by atoms with van der Waals surface area (Å²) in [6.45, 7) is 8.08. The van der Waals surface area contributed by atoms with Gasteiger partial charge >= 0.3 is 11.9 Å². The molecule has 2 atom stereocenters. The Kier molecular flexibility index (Phi) is 5.75. The number of benzene rings is 2. The fourth-order valence-corrected chi connectivity index (χ4v) is 5.57. The molecule has 1 fully saturated rings. The fourth-order valence-electron chi connectivity index (χ4n) is 4.40. The average Bonchev–Trinajstić information content (AvgIpc) is 3.29. The molecule has 0 radical (unpaired) electrons. The SMILES string of the molecule is CC(=O)OC1(N)NC(c2ccc([Si](C)(C)C)cc2)(c2cccc(-c3cnn(C)c3)c2)C(=O)N1C. The number of likely N-dealkylation sites (N-methyl/N-ethyl adjacent to an activating group) is 1. The first-order valence-corrected chi connectivity index (χ1v) is 14.6. The van der Waals surface area contributed by atoms with E-state index in [1.807, 2.05) is 49.6 Å². The molecule has 2 unspecified atom stereocenters. The molecule has 2 heterocycles. The van der Waals surface area contributed by atoms with E-state index in [1.54, 1.807) is 10.9 Å². The number of aryl methyl sites for hydroxylation is 1. The minimum absolute atomic E-state index is 0.319. The van der Waals surface area contributed by atoms with Crippen molar-refractivity contribution in [2.24, 2.45) is 12.8 Å². The first-order chi connectivity index (χ1) is 15.9. The number of nitrogens with one attached hydrogen (secondary N) is 1. The van der Waals surface area contributed by atoms with Crippen molar-refractivity contribution in [2.75, 3.05) is 7.05 Å². The van der Waals surface area contributed by atoms with Crippen LogP contribution in [0.5, 0.6) is 0 Å². The zero-order valence-electron chi connectivity index (χ0n) is 20.4. The summed E-state index contributed by atoms with van der Waals surface area (Å²) in [6.07, 6.45) is 3.69. The molecule has 0 bridgehead atoms. The zero-order chi connectivity index (χ0) is 24.9. The van der Waals surface area contributed by atoms with Gasteiger partial charge in [-0.15, -0.1) is 0 Å². The maximum absolute atomic E-state index is 13.9. The zero-order valence-corrected chi connectivity index (χ0v) is 21.4. The summed E-state index contributed by atoms with van der Waals surface area (Å²) in [6, 6.07) is 15.8. The molecule has 1 amide bonds. The third kappa shape index (κ3) is 3.95. The van der Waals surface area contributed by atoms with E-state index < -0.39 is 25.6 Å². The van der Waals surface area contributed by atoms with Gasteiger partial charge < -0.3 is 4.74 Å². The topological polar surface area (TPSA) is 102 Å². The molecule has 1 saturated heterocycles. The van der Waals surface area contributed by atoms with Gasteiger partial charge in [-0.25, -0.2) is 5.32 Å². The van der Waals surface area contributed by atoms with Crippen molar-refractivity contribution in [3.8, 4) is 11.1 Å². The minimum Gasteiger partial charge on any atom is -0.411 e. The standard InChI is InChI=1S/C25H31N5O3Si/c1-17(31)33-25(26)28-24(23(32)30(25)3,20-10-12-22(13-11-20)34(4,5)6)21-9-7-8-18(14-21)19-15-27-29(2)16-19/h7-16,28H,26H2,1-6H3. The Morgan fingerprint density at radius 1 is 1.06 bits per heavy atom. The second-order valence-corrected chi connectivity index (χ2v) is 14.9. The molecule has 1 aromatic heterocycles. The molecule has 8 nitrogen and oxygen atoms in total. The van der Waals surface area contributed by atoms with Crippen LogP contribution in [0.1, 0.15) is 18.1 Å². The molecule has 34 heavy (non-hydrogen) atoms. The van der Waals surface area contributed by atoms with Crippen LogP contribution in [0, 0.1) is 0 Å². The maximum atomic E-state index is 13.9. The largest absolute Gasteiger partial charge is 0.411 e.